The van der Waals surface area contributed by atoms with Crippen LogP contribution in [0.4, 0.5) is 0 Å². The van der Waals surface area contributed by atoms with Crippen LogP contribution in [-0.2, 0) is 0 Å². The van der Waals surface area contributed by atoms with Gasteiger partial charge in [-0.3, -0.25) is 4.90 Å². The molecule has 3 rings (SSSR count). The van der Waals surface area contributed by atoms with Crippen molar-refractivity contribution in [1.82, 2.24) is 10.2 Å². The molecule has 2 saturated carbocycles. The second-order valence-electron chi connectivity index (χ2n) is 6.67. The zero-order valence-corrected chi connectivity index (χ0v) is 12.7. The van der Waals surface area contributed by atoms with E-state index in [1.807, 2.05) is 0 Å². The number of aliphatic hydroxyl groups excluding tert-OH is 1. The van der Waals surface area contributed by atoms with E-state index in [0.717, 1.165) is 30.3 Å². The van der Waals surface area contributed by atoms with Gasteiger partial charge in [0.15, 0.2) is 0 Å². The molecule has 0 amide bonds. The standard InChI is InChI=1S/C15H28N2O.ClH/c18-7-6-17(11-13-2-1-5-16-10-13)15-9-12-3-4-14(15)8-12;/h12-16,18H,1-11H2;1H. The Morgan fingerprint density at radius 3 is 2.63 bits per heavy atom. The molecule has 1 saturated heterocycles. The smallest absolute Gasteiger partial charge is 0.0558 e. The molecule has 0 aromatic heterocycles. The van der Waals surface area contributed by atoms with Gasteiger partial charge >= 0.3 is 0 Å². The maximum Gasteiger partial charge on any atom is 0.0558 e. The molecule has 4 atom stereocenters. The van der Waals surface area contributed by atoms with Crippen molar-refractivity contribution in [3.8, 4) is 0 Å². The van der Waals surface area contributed by atoms with Crippen LogP contribution in [-0.4, -0.2) is 48.8 Å². The number of rotatable bonds is 5. The SMILES string of the molecule is Cl.OCCN(CC1CCCNC1)C1CC2CCC1C2. The molecule has 19 heavy (non-hydrogen) atoms. The van der Waals surface area contributed by atoms with Crippen LogP contribution >= 0.6 is 12.4 Å². The molecule has 2 N–H and O–H groups in total. The van der Waals surface area contributed by atoms with Crippen LogP contribution in [0, 0.1) is 17.8 Å². The monoisotopic (exact) mass is 288 g/mol. The maximum atomic E-state index is 9.34. The highest BCUT2D eigenvalue weighted by atomic mass is 35.5. The first-order valence-electron chi connectivity index (χ1n) is 7.92. The summed E-state index contributed by atoms with van der Waals surface area (Å²) in [5.74, 6) is 2.76. The fourth-order valence-corrected chi connectivity index (χ4v) is 4.59. The van der Waals surface area contributed by atoms with Gasteiger partial charge in [-0.25, -0.2) is 0 Å². The van der Waals surface area contributed by atoms with E-state index < -0.39 is 0 Å². The van der Waals surface area contributed by atoms with Crippen molar-refractivity contribution in [3.63, 3.8) is 0 Å². The molecule has 112 valence electrons. The summed E-state index contributed by atoms with van der Waals surface area (Å²) in [7, 11) is 0. The van der Waals surface area contributed by atoms with Crippen LogP contribution in [0.5, 0.6) is 0 Å². The second kappa shape index (κ2) is 7.26. The number of fused-ring (bicyclic) bond motifs is 2. The van der Waals surface area contributed by atoms with Gasteiger partial charge in [-0.05, 0) is 62.9 Å². The van der Waals surface area contributed by atoms with Crippen molar-refractivity contribution in [2.24, 2.45) is 17.8 Å². The van der Waals surface area contributed by atoms with E-state index in [1.165, 1.54) is 58.2 Å². The Labute approximate surface area is 123 Å². The number of halogens is 1. The van der Waals surface area contributed by atoms with E-state index in [9.17, 15) is 5.11 Å². The van der Waals surface area contributed by atoms with Crippen molar-refractivity contribution < 1.29 is 5.11 Å². The van der Waals surface area contributed by atoms with Gasteiger partial charge in [0.25, 0.3) is 0 Å². The largest absolute Gasteiger partial charge is 0.395 e. The minimum absolute atomic E-state index is 0. The van der Waals surface area contributed by atoms with E-state index >= 15 is 0 Å². The number of hydrogen-bond donors (Lipinski definition) is 2. The lowest BCUT2D eigenvalue weighted by Gasteiger charge is -2.37. The van der Waals surface area contributed by atoms with Crippen LogP contribution < -0.4 is 5.32 Å². The third-order valence-corrected chi connectivity index (χ3v) is 5.45. The first-order chi connectivity index (χ1) is 8.86. The molecule has 3 aliphatic rings. The molecule has 0 aromatic rings. The molecule has 1 heterocycles. The van der Waals surface area contributed by atoms with Crippen molar-refractivity contribution >= 4 is 12.4 Å². The minimum Gasteiger partial charge on any atom is -0.395 e. The Kier molecular flexibility index (Phi) is 5.94. The van der Waals surface area contributed by atoms with E-state index in [2.05, 4.69) is 10.2 Å². The van der Waals surface area contributed by atoms with Crippen LogP contribution in [0.2, 0.25) is 0 Å². The first kappa shape index (κ1) is 15.6. The molecule has 3 fully saturated rings. The number of aliphatic hydroxyl groups is 1. The zero-order valence-electron chi connectivity index (χ0n) is 11.9. The highest BCUT2D eigenvalue weighted by Crippen LogP contribution is 2.46. The van der Waals surface area contributed by atoms with Crippen molar-refractivity contribution in [3.05, 3.63) is 0 Å². The average Bonchev–Trinajstić information content (AvgIpc) is 3.02. The predicted molar refractivity (Wildman–Crippen MR) is 80.7 cm³/mol. The van der Waals surface area contributed by atoms with Gasteiger partial charge in [0.2, 0.25) is 0 Å². The molecular formula is C15H29ClN2O. The Hall–Kier alpha value is 0.170. The molecule has 3 nitrogen and oxygen atoms in total. The lowest BCUT2D eigenvalue weighted by Crippen LogP contribution is -2.46. The molecule has 0 aromatic carbocycles. The predicted octanol–water partition coefficient (Wildman–Crippen LogP) is 1.89. The van der Waals surface area contributed by atoms with Crippen LogP contribution in [0.25, 0.3) is 0 Å². The quantitative estimate of drug-likeness (QED) is 0.811. The molecule has 1 aliphatic heterocycles. The van der Waals surface area contributed by atoms with E-state index in [0.29, 0.717) is 6.61 Å². The Bertz CT molecular complexity index is 271. The molecule has 2 bridgehead atoms. The van der Waals surface area contributed by atoms with Crippen molar-refractivity contribution in [1.29, 1.82) is 0 Å². The van der Waals surface area contributed by atoms with Gasteiger partial charge in [-0.15, -0.1) is 12.4 Å². The third-order valence-electron chi connectivity index (χ3n) is 5.45. The van der Waals surface area contributed by atoms with E-state index in [4.69, 9.17) is 0 Å². The normalized spacial score (nSPS) is 37.6. The molecule has 2 aliphatic carbocycles. The number of nitrogens with one attached hydrogen (secondary N) is 1. The second-order valence-corrected chi connectivity index (χ2v) is 6.67. The number of nitrogens with zero attached hydrogens (tertiary/aromatic N) is 1. The van der Waals surface area contributed by atoms with E-state index in [-0.39, 0.29) is 12.4 Å². The summed E-state index contributed by atoms with van der Waals surface area (Å²) in [5.41, 5.74) is 0. The summed E-state index contributed by atoms with van der Waals surface area (Å²) in [5, 5.41) is 12.9. The highest BCUT2D eigenvalue weighted by Gasteiger charge is 2.42. The highest BCUT2D eigenvalue weighted by molar-refractivity contribution is 5.85. The van der Waals surface area contributed by atoms with Crippen molar-refractivity contribution in [2.75, 3.05) is 32.8 Å². The van der Waals surface area contributed by atoms with Gasteiger partial charge in [-0.2, -0.15) is 0 Å². The summed E-state index contributed by atoms with van der Waals surface area (Å²) in [4.78, 5) is 2.63. The summed E-state index contributed by atoms with van der Waals surface area (Å²) in [6, 6.07) is 0.790. The summed E-state index contributed by atoms with van der Waals surface area (Å²) >= 11 is 0. The summed E-state index contributed by atoms with van der Waals surface area (Å²) < 4.78 is 0. The molecule has 0 spiro atoms. The number of hydrogen-bond acceptors (Lipinski definition) is 3. The van der Waals surface area contributed by atoms with Crippen LogP contribution in [0.15, 0.2) is 0 Å². The summed E-state index contributed by atoms with van der Waals surface area (Å²) in [6.45, 7) is 4.81. The van der Waals surface area contributed by atoms with Crippen molar-refractivity contribution in [2.45, 2.75) is 44.6 Å². The Balaban J connectivity index is 0.00000133. The minimum atomic E-state index is 0. The third kappa shape index (κ3) is 3.63. The van der Waals surface area contributed by atoms with Gasteiger partial charge in [-0.1, -0.05) is 6.42 Å². The van der Waals surface area contributed by atoms with Gasteiger partial charge in [0.1, 0.15) is 0 Å². The molecular weight excluding hydrogens is 260 g/mol. The molecule has 4 heteroatoms. The Morgan fingerprint density at radius 2 is 2.05 bits per heavy atom. The molecule has 0 radical (unpaired) electrons. The molecule has 4 unspecified atom stereocenters. The topological polar surface area (TPSA) is 35.5 Å². The van der Waals surface area contributed by atoms with Gasteiger partial charge in [0, 0.05) is 19.1 Å². The average molecular weight is 289 g/mol. The fraction of sp³-hybridized carbons (Fsp3) is 1.00. The lowest BCUT2D eigenvalue weighted by atomic mass is 9.92. The van der Waals surface area contributed by atoms with Gasteiger partial charge in [0.05, 0.1) is 6.61 Å². The Morgan fingerprint density at radius 1 is 1.16 bits per heavy atom. The fourth-order valence-electron chi connectivity index (χ4n) is 4.59. The first-order valence-corrected chi connectivity index (χ1v) is 7.92. The van der Waals surface area contributed by atoms with Gasteiger partial charge < -0.3 is 10.4 Å². The number of piperidine rings is 1. The summed E-state index contributed by atoms with van der Waals surface area (Å²) in [6.07, 6.45) is 8.49. The zero-order chi connectivity index (χ0) is 12.4. The van der Waals surface area contributed by atoms with E-state index in [1.54, 1.807) is 0 Å². The van der Waals surface area contributed by atoms with Crippen LogP contribution in [0.1, 0.15) is 38.5 Å². The lowest BCUT2D eigenvalue weighted by molar-refractivity contribution is 0.0909. The maximum absolute atomic E-state index is 9.34. The van der Waals surface area contributed by atoms with Crippen LogP contribution in [0.3, 0.4) is 0 Å².